The Morgan fingerprint density at radius 1 is 0.682 bits per heavy atom. The van der Waals surface area contributed by atoms with E-state index in [0.29, 0.717) is 63.7 Å². The minimum atomic E-state index is -0.00586. The van der Waals surface area contributed by atoms with Gasteiger partial charge in [0.25, 0.3) is 11.8 Å². The molecule has 0 aromatic heterocycles. The van der Waals surface area contributed by atoms with Crippen molar-refractivity contribution in [1.29, 1.82) is 0 Å². The lowest BCUT2D eigenvalue weighted by Crippen LogP contribution is -2.41. The molecule has 1 aromatic carbocycles. The Balaban J connectivity index is 1.66. The van der Waals surface area contributed by atoms with E-state index in [1.165, 1.54) is 0 Å². The lowest BCUT2D eigenvalue weighted by atomic mass is 10.1. The topological polar surface area (TPSA) is 59.1 Å². The second-order valence-corrected chi connectivity index (χ2v) is 5.39. The second kappa shape index (κ2) is 6.89. The quantitative estimate of drug-likeness (QED) is 0.804. The highest BCUT2D eigenvalue weighted by molar-refractivity contribution is 5.97. The van der Waals surface area contributed by atoms with Crippen LogP contribution in [0.3, 0.4) is 0 Å². The summed E-state index contributed by atoms with van der Waals surface area (Å²) >= 11 is 0. The summed E-state index contributed by atoms with van der Waals surface area (Å²) in [6.07, 6.45) is 0. The van der Waals surface area contributed by atoms with Crippen molar-refractivity contribution in [1.82, 2.24) is 9.80 Å². The number of benzene rings is 1. The van der Waals surface area contributed by atoms with E-state index < -0.39 is 0 Å². The van der Waals surface area contributed by atoms with Crippen LogP contribution in [0.15, 0.2) is 24.3 Å². The van der Waals surface area contributed by atoms with Gasteiger partial charge in [-0.2, -0.15) is 0 Å². The smallest absolute Gasteiger partial charge is 0.254 e. The van der Waals surface area contributed by atoms with E-state index in [2.05, 4.69) is 0 Å². The van der Waals surface area contributed by atoms with E-state index in [0.717, 1.165) is 0 Å². The zero-order chi connectivity index (χ0) is 15.4. The van der Waals surface area contributed by atoms with E-state index in [9.17, 15) is 9.59 Å². The third-order valence-corrected chi connectivity index (χ3v) is 3.98. The van der Waals surface area contributed by atoms with E-state index in [1.54, 1.807) is 34.1 Å². The molecule has 1 aromatic rings. The number of hydrogen-bond acceptors (Lipinski definition) is 4. The van der Waals surface area contributed by atoms with Gasteiger partial charge in [-0.15, -0.1) is 0 Å². The number of rotatable bonds is 2. The standard InChI is InChI=1S/C16H20N2O4/c19-15(17-5-9-21-10-6-17)13-1-2-14(4-3-13)16(20)18-7-11-22-12-8-18/h1-4H,5-12H2. The first kappa shape index (κ1) is 15.0. The predicted octanol–water partition coefficient (Wildman–Crippen LogP) is 0.631. The van der Waals surface area contributed by atoms with Crippen molar-refractivity contribution in [2.24, 2.45) is 0 Å². The van der Waals surface area contributed by atoms with E-state index in [-0.39, 0.29) is 11.8 Å². The number of amides is 2. The number of ether oxygens (including phenoxy) is 2. The van der Waals surface area contributed by atoms with Crippen LogP contribution in [0.2, 0.25) is 0 Å². The van der Waals surface area contributed by atoms with E-state index in [1.807, 2.05) is 0 Å². The maximum absolute atomic E-state index is 12.3. The number of carbonyl (C=O) groups excluding carboxylic acids is 2. The maximum Gasteiger partial charge on any atom is 0.254 e. The fraction of sp³-hybridized carbons (Fsp3) is 0.500. The Labute approximate surface area is 129 Å². The molecule has 0 bridgehead atoms. The fourth-order valence-corrected chi connectivity index (χ4v) is 2.65. The Morgan fingerprint density at radius 3 is 1.32 bits per heavy atom. The maximum atomic E-state index is 12.3. The molecule has 0 saturated carbocycles. The molecule has 2 saturated heterocycles. The lowest BCUT2D eigenvalue weighted by Gasteiger charge is -2.27. The molecule has 2 amide bonds. The van der Waals surface area contributed by atoms with Gasteiger partial charge in [0, 0.05) is 37.3 Å². The van der Waals surface area contributed by atoms with Crippen LogP contribution in [0.1, 0.15) is 20.7 Å². The van der Waals surface area contributed by atoms with Gasteiger partial charge in [-0.1, -0.05) is 0 Å². The molecule has 2 heterocycles. The van der Waals surface area contributed by atoms with Crippen molar-refractivity contribution >= 4 is 11.8 Å². The molecule has 6 nitrogen and oxygen atoms in total. The zero-order valence-corrected chi connectivity index (χ0v) is 12.5. The summed E-state index contributed by atoms with van der Waals surface area (Å²) in [7, 11) is 0. The molecule has 6 heteroatoms. The number of carbonyl (C=O) groups is 2. The summed E-state index contributed by atoms with van der Waals surface area (Å²) in [6.45, 7) is 4.80. The largest absolute Gasteiger partial charge is 0.378 e. The van der Waals surface area contributed by atoms with Gasteiger partial charge in [-0.05, 0) is 24.3 Å². The molecule has 118 valence electrons. The van der Waals surface area contributed by atoms with Gasteiger partial charge < -0.3 is 19.3 Å². The molecule has 0 atom stereocenters. The molecule has 2 aliphatic rings. The Bertz CT molecular complexity index is 483. The molecule has 0 spiro atoms. The van der Waals surface area contributed by atoms with Crippen LogP contribution in [0.5, 0.6) is 0 Å². The van der Waals surface area contributed by atoms with Crippen LogP contribution in [-0.4, -0.2) is 74.2 Å². The van der Waals surface area contributed by atoms with Gasteiger partial charge in [0.2, 0.25) is 0 Å². The summed E-state index contributed by atoms with van der Waals surface area (Å²) in [5.74, 6) is -0.0117. The number of morpholine rings is 2. The van der Waals surface area contributed by atoms with Crippen molar-refractivity contribution in [3.63, 3.8) is 0 Å². The normalized spacial score (nSPS) is 19.1. The highest BCUT2D eigenvalue weighted by Gasteiger charge is 2.21. The summed E-state index contributed by atoms with van der Waals surface area (Å²) in [5.41, 5.74) is 1.22. The Hall–Kier alpha value is -1.92. The first-order chi connectivity index (χ1) is 10.8. The third-order valence-electron chi connectivity index (χ3n) is 3.98. The van der Waals surface area contributed by atoms with Crippen molar-refractivity contribution in [2.45, 2.75) is 0 Å². The fourth-order valence-electron chi connectivity index (χ4n) is 2.65. The molecule has 0 N–H and O–H groups in total. The van der Waals surface area contributed by atoms with Crippen LogP contribution < -0.4 is 0 Å². The highest BCUT2D eigenvalue weighted by Crippen LogP contribution is 2.12. The zero-order valence-electron chi connectivity index (χ0n) is 12.5. The monoisotopic (exact) mass is 304 g/mol. The van der Waals surface area contributed by atoms with Crippen molar-refractivity contribution in [3.05, 3.63) is 35.4 Å². The molecular formula is C16H20N2O4. The molecule has 3 rings (SSSR count). The molecular weight excluding hydrogens is 284 g/mol. The third kappa shape index (κ3) is 3.28. The minimum Gasteiger partial charge on any atom is -0.378 e. The highest BCUT2D eigenvalue weighted by atomic mass is 16.5. The van der Waals surface area contributed by atoms with Crippen LogP contribution in [-0.2, 0) is 9.47 Å². The second-order valence-electron chi connectivity index (χ2n) is 5.39. The molecule has 2 aliphatic heterocycles. The summed E-state index contributed by atoms with van der Waals surface area (Å²) < 4.78 is 10.5. The van der Waals surface area contributed by atoms with E-state index >= 15 is 0 Å². The summed E-state index contributed by atoms with van der Waals surface area (Å²) in [6, 6.07) is 6.91. The first-order valence-electron chi connectivity index (χ1n) is 7.60. The predicted molar refractivity (Wildman–Crippen MR) is 79.9 cm³/mol. The van der Waals surface area contributed by atoms with Crippen molar-refractivity contribution in [3.8, 4) is 0 Å². The average Bonchev–Trinajstić information content (AvgIpc) is 2.62. The molecule has 0 radical (unpaired) electrons. The summed E-state index contributed by atoms with van der Waals surface area (Å²) in [4.78, 5) is 28.2. The molecule has 2 fully saturated rings. The first-order valence-corrected chi connectivity index (χ1v) is 7.60. The van der Waals surface area contributed by atoms with Crippen LogP contribution >= 0.6 is 0 Å². The SMILES string of the molecule is O=C(c1ccc(C(=O)N2CCOCC2)cc1)N1CCOCC1. The van der Waals surface area contributed by atoms with E-state index in [4.69, 9.17) is 9.47 Å². The van der Waals surface area contributed by atoms with Gasteiger partial charge in [0.1, 0.15) is 0 Å². The molecule has 0 unspecified atom stereocenters. The van der Waals surface area contributed by atoms with Crippen LogP contribution in [0.25, 0.3) is 0 Å². The van der Waals surface area contributed by atoms with Crippen LogP contribution in [0, 0.1) is 0 Å². The Kier molecular flexibility index (Phi) is 4.70. The number of nitrogens with zero attached hydrogens (tertiary/aromatic N) is 2. The molecule has 22 heavy (non-hydrogen) atoms. The van der Waals surface area contributed by atoms with Crippen molar-refractivity contribution < 1.29 is 19.1 Å². The minimum absolute atomic E-state index is 0.00586. The molecule has 0 aliphatic carbocycles. The van der Waals surface area contributed by atoms with Crippen molar-refractivity contribution in [2.75, 3.05) is 52.6 Å². The van der Waals surface area contributed by atoms with Gasteiger partial charge in [-0.25, -0.2) is 0 Å². The average molecular weight is 304 g/mol. The van der Waals surface area contributed by atoms with Gasteiger partial charge in [0.15, 0.2) is 0 Å². The lowest BCUT2D eigenvalue weighted by molar-refractivity contribution is 0.0298. The number of hydrogen-bond donors (Lipinski definition) is 0. The van der Waals surface area contributed by atoms with Gasteiger partial charge >= 0.3 is 0 Å². The van der Waals surface area contributed by atoms with Crippen LogP contribution in [0.4, 0.5) is 0 Å². The van der Waals surface area contributed by atoms with Gasteiger partial charge in [0.05, 0.1) is 26.4 Å². The Morgan fingerprint density at radius 2 is 1.00 bits per heavy atom. The summed E-state index contributed by atoms with van der Waals surface area (Å²) in [5, 5.41) is 0. The van der Waals surface area contributed by atoms with Gasteiger partial charge in [-0.3, -0.25) is 9.59 Å².